The van der Waals surface area contributed by atoms with Gasteiger partial charge in [0.25, 0.3) is 0 Å². The third kappa shape index (κ3) is 11.0. The summed E-state index contributed by atoms with van der Waals surface area (Å²) in [6, 6.07) is 38.4. The minimum absolute atomic E-state index is 0.123. The lowest BCUT2D eigenvalue weighted by molar-refractivity contribution is 0.112. The second-order valence-corrected chi connectivity index (χ2v) is 28.2. The standard InChI is InChI=1S/C71H83N5O/c1-66(2,3)46-31-43(32-47(37-46)67(4,5)6)62-56-26-25-55(72-56)54(41-77)65-53(42-21-23-52(24-22-42)76(19)20)40-61(75-65)64(45-35-50(70(13,14)15)39-51(36-45)71(16,17)18)60-30-29-59(74-60)63(58-28-27-57(62)73-58)44-33-48(68(7,8)9)38-49(34-44)69(10,11)12/h21-41,72,74H,1-20H3. The molecule has 0 atom stereocenters. The van der Waals surface area contributed by atoms with E-state index in [0.717, 1.165) is 90.1 Å². The van der Waals surface area contributed by atoms with Crippen LogP contribution in [0.5, 0.6) is 0 Å². The van der Waals surface area contributed by atoms with Crippen molar-refractivity contribution < 1.29 is 4.79 Å². The first-order valence-electron chi connectivity index (χ1n) is 27.6. The number of carbonyl (C=O) groups is 1. The van der Waals surface area contributed by atoms with E-state index < -0.39 is 0 Å². The molecular formula is C71H83N5O. The number of carbonyl (C=O) groups excluding carboxylic acids is 1. The SMILES string of the molecule is CN(C)c1ccc(C2=Cc3nc2c(C=O)c2ccc([nH]2)c(-c2cc(C(C)(C)C)cc(C(C)(C)C)c2)c2nc(c(-c4cc(C(C)(C)C)cc(C(C)(C)C)c4)c4ccc([nH]4)c3-c3cc(C(C)(C)C)cc(C(C)(C)C)c3)C=C2)cc1. The number of nitrogens with zero attached hydrogens (tertiary/aromatic N) is 3. The van der Waals surface area contributed by atoms with Crippen LogP contribution in [-0.2, 0) is 32.5 Å². The molecule has 0 aliphatic carbocycles. The summed E-state index contributed by atoms with van der Waals surface area (Å²) in [5.41, 5.74) is 22.7. The maximum Gasteiger partial charge on any atom is 0.154 e. The Bertz CT molecular complexity index is 3620. The van der Waals surface area contributed by atoms with Gasteiger partial charge in [0.1, 0.15) is 0 Å². The summed E-state index contributed by atoms with van der Waals surface area (Å²) in [7, 11) is 4.11. The molecule has 0 saturated carbocycles. The Labute approximate surface area is 460 Å². The number of H-pyrrole nitrogens is 2. The fraction of sp³-hybridized carbons (Fsp3) is 0.366. The first-order chi connectivity index (χ1) is 35.7. The van der Waals surface area contributed by atoms with Crippen LogP contribution in [0.3, 0.4) is 0 Å². The van der Waals surface area contributed by atoms with Gasteiger partial charge >= 0.3 is 0 Å². The second-order valence-electron chi connectivity index (χ2n) is 28.2. The fourth-order valence-corrected chi connectivity index (χ4v) is 10.4. The number of aromatic amines is 2. The first kappa shape index (κ1) is 54.7. The van der Waals surface area contributed by atoms with Crippen LogP contribution in [0.25, 0.3) is 79.2 Å². The normalized spacial score (nSPS) is 13.5. The van der Waals surface area contributed by atoms with Crippen molar-refractivity contribution in [3.05, 3.63) is 170 Å². The third-order valence-corrected chi connectivity index (χ3v) is 15.6. The molecule has 0 spiro atoms. The summed E-state index contributed by atoms with van der Waals surface area (Å²) < 4.78 is 0. The predicted molar refractivity (Wildman–Crippen MR) is 332 cm³/mol. The molecule has 0 amide bonds. The Hall–Kier alpha value is -7.05. The van der Waals surface area contributed by atoms with Gasteiger partial charge in [0.2, 0.25) is 0 Å². The maximum absolute atomic E-state index is 14.1. The van der Waals surface area contributed by atoms with Crippen molar-refractivity contribution in [2.24, 2.45) is 0 Å². The van der Waals surface area contributed by atoms with Gasteiger partial charge in [-0.3, -0.25) is 4.79 Å². The fourth-order valence-electron chi connectivity index (χ4n) is 10.4. The molecular weight excluding hydrogens is 939 g/mol. The van der Waals surface area contributed by atoms with E-state index in [4.69, 9.17) is 9.97 Å². The molecule has 5 heterocycles. The van der Waals surface area contributed by atoms with Crippen LogP contribution in [0.1, 0.15) is 197 Å². The van der Waals surface area contributed by atoms with E-state index in [0.29, 0.717) is 16.8 Å². The number of fused-ring (bicyclic) bond motifs is 8. The van der Waals surface area contributed by atoms with E-state index in [2.05, 4.69) is 269 Å². The lowest BCUT2D eigenvalue weighted by Gasteiger charge is -2.26. The molecule has 8 bridgehead atoms. The van der Waals surface area contributed by atoms with Crippen molar-refractivity contribution in [3.63, 3.8) is 0 Å². The molecule has 3 aromatic heterocycles. The largest absolute Gasteiger partial charge is 0.378 e. The first-order valence-corrected chi connectivity index (χ1v) is 27.6. The molecule has 0 radical (unpaired) electrons. The zero-order valence-corrected chi connectivity index (χ0v) is 49.9. The van der Waals surface area contributed by atoms with E-state index in [1.165, 1.54) is 33.4 Å². The summed E-state index contributed by atoms with van der Waals surface area (Å²) in [5, 5.41) is 0. The summed E-state index contributed by atoms with van der Waals surface area (Å²) in [6.07, 6.45) is 7.55. The number of benzene rings is 4. The van der Waals surface area contributed by atoms with Gasteiger partial charge in [-0.1, -0.05) is 191 Å². The van der Waals surface area contributed by atoms with Crippen molar-refractivity contribution >= 4 is 57.8 Å². The van der Waals surface area contributed by atoms with Crippen LogP contribution < -0.4 is 4.90 Å². The zero-order valence-electron chi connectivity index (χ0n) is 49.9. The van der Waals surface area contributed by atoms with Crippen molar-refractivity contribution in [1.29, 1.82) is 0 Å². The van der Waals surface area contributed by atoms with E-state index in [1.807, 2.05) is 6.07 Å². The van der Waals surface area contributed by atoms with Gasteiger partial charge in [-0.05, 0) is 143 Å². The molecule has 398 valence electrons. The van der Waals surface area contributed by atoms with Gasteiger partial charge in [0.05, 0.1) is 33.9 Å². The quantitative estimate of drug-likeness (QED) is 0.163. The van der Waals surface area contributed by atoms with Gasteiger partial charge in [-0.2, -0.15) is 0 Å². The monoisotopic (exact) mass is 1020 g/mol. The molecule has 0 unspecified atom stereocenters. The van der Waals surface area contributed by atoms with E-state index in [9.17, 15) is 4.79 Å². The molecule has 77 heavy (non-hydrogen) atoms. The van der Waals surface area contributed by atoms with Crippen molar-refractivity contribution in [1.82, 2.24) is 19.9 Å². The van der Waals surface area contributed by atoms with Crippen molar-refractivity contribution in [3.8, 4) is 33.4 Å². The summed E-state index contributed by atoms with van der Waals surface area (Å²) >= 11 is 0. The molecule has 0 fully saturated rings. The highest BCUT2D eigenvalue weighted by atomic mass is 16.1. The molecule has 2 aliphatic rings. The number of hydrogen-bond donors (Lipinski definition) is 2. The number of rotatable bonds is 6. The van der Waals surface area contributed by atoms with Crippen LogP contribution in [0, 0.1) is 0 Å². The Kier molecular flexibility index (Phi) is 13.6. The summed E-state index contributed by atoms with van der Waals surface area (Å²) in [6.45, 7) is 41.2. The Morgan fingerprint density at radius 2 is 0.714 bits per heavy atom. The second kappa shape index (κ2) is 19.1. The van der Waals surface area contributed by atoms with Gasteiger partial charge in [0, 0.05) is 58.6 Å². The average molecular weight is 1020 g/mol. The van der Waals surface area contributed by atoms with Crippen molar-refractivity contribution in [2.75, 3.05) is 19.0 Å². The van der Waals surface area contributed by atoms with Crippen LogP contribution in [-0.4, -0.2) is 40.3 Å². The third-order valence-electron chi connectivity index (χ3n) is 15.6. The lowest BCUT2D eigenvalue weighted by Crippen LogP contribution is -2.16. The van der Waals surface area contributed by atoms with Crippen LogP contribution >= 0.6 is 0 Å². The van der Waals surface area contributed by atoms with Gasteiger partial charge < -0.3 is 14.9 Å². The highest BCUT2D eigenvalue weighted by molar-refractivity contribution is 6.05. The van der Waals surface area contributed by atoms with Crippen LogP contribution in [0.4, 0.5) is 5.69 Å². The Morgan fingerprint density at radius 1 is 0.390 bits per heavy atom. The highest BCUT2D eigenvalue weighted by Gasteiger charge is 2.29. The number of hydrogen-bond acceptors (Lipinski definition) is 4. The molecule has 7 aromatic rings. The highest BCUT2D eigenvalue weighted by Crippen LogP contribution is 2.44. The lowest BCUT2D eigenvalue weighted by atomic mass is 9.78. The smallest absolute Gasteiger partial charge is 0.154 e. The zero-order chi connectivity index (χ0) is 56.1. The van der Waals surface area contributed by atoms with Gasteiger partial charge in [0.15, 0.2) is 6.29 Å². The number of aromatic nitrogens is 4. The van der Waals surface area contributed by atoms with E-state index >= 15 is 0 Å². The molecule has 6 nitrogen and oxygen atoms in total. The summed E-state index contributed by atoms with van der Waals surface area (Å²) in [5.74, 6) is 0. The molecule has 4 aromatic carbocycles. The Balaban J connectivity index is 1.54. The number of aldehydes is 1. The Morgan fingerprint density at radius 3 is 1.04 bits per heavy atom. The average Bonchev–Trinajstić information content (AvgIpc) is 4.18. The molecule has 6 heteroatoms. The number of anilines is 1. The molecule has 2 N–H and O–H groups in total. The number of nitrogens with one attached hydrogen (secondary N) is 2. The van der Waals surface area contributed by atoms with Gasteiger partial charge in [-0.15, -0.1) is 0 Å². The molecule has 0 saturated heterocycles. The topological polar surface area (TPSA) is 77.7 Å². The van der Waals surface area contributed by atoms with Crippen LogP contribution in [0.2, 0.25) is 0 Å². The predicted octanol–water partition coefficient (Wildman–Crippen LogP) is 18.7. The van der Waals surface area contributed by atoms with Crippen molar-refractivity contribution in [2.45, 2.75) is 157 Å². The summed E-state index contributed by atoms with van der Waals surface area (Å²) in [4.78, 5) is 35.5. The molecule has 2 aliphatic heterocycles. The minimum atomic E-state index is -0.146. The van der Waals surface area contributed by atoms with Crippen LogP contribution in [0.15, 0.2) is 103 Å². The molecule has 9 rings (SSSR count). The van der Waals surface area contributed by atoms with E-state index in [-0.39, 0.29) is 32.5 Å². The minimum Gasteiger partial charge on any atom is -0.378 e. The maximum atomic E-state index is 14.1. The van der Waals surface area contributed by atoms with Gasteiger partial charge in [-0.25, -0.2) is 9.97 Å². The van der Waals surface area contributed by atoms with E-state index in [1.54, 1.807) is 0 Å².